The monoisotopic (exact) mass is 383 g/mol. The number of ether oxygens (including phenoxy) is 1. The molecule has 1 aromatic carbocycles. The van der Waals surface area contributed by atoms with Gasteiger partial charge in [0.1, 0.15) is 0 Å². The van der Waals surface area contributed by atoms with Crippen LogP contribution in [0.1, 0.15) is 10.4 Å². The predicted molar refractivity (Wildman–Crippen MR) is 73.3 cm³/mol. The Balaban J connectivity index is 3.10. The molecule has 1 aromatic rings. The summed E-state index contributed by atoms with van der Waals surface area (Å²) in [6, 6.07) is 3.07. The molecule has 0 bridgehead atoms. The van der Waals surface area contributed by atoms with Gasteiger partial charge in [-0.15, -0.1) is 0 Å². The van der Waals surface area contributed by atoms with E-state index in [1.807, 2.05) is 0 Å². The first-order valence-corrected chi connectivity index (χ1v) is 6.72. The number of ketones is 1. The molecule has 0 aliphatic rings. The van der Waals surface area contributed by atoms with Crippen LogP contribution in [0, 0.1) is 0 Å². The topological polar surface area (TPSA) is 55.4 Å². The SMILES string of the molecule is COC(=O)Nc1c(Cl)cc(C(=O)CBr)cc1Br. The van der Waals surface area contributed by atoms with Crippen molar-refractivity contribution in [2.24, 2.45) is 0 Å². The molecule has 1 amide bonds. The van der Waals surface area contributed by atoms with Gasteiger partial charge < -0.3 is 4.74 Å². The zero-order valence-electron chi connectivity index (χ0n) is 8.72. The van der Waals surface area contributed by atoms with Gasteiger partial charge in [-0.05, 0) is 28.1 Å². The van der Waals surface area contributed by atoms with Crippen molar-refractivity contribution < 1.29 is 14.3 Å². The molecule has 1 N–H and O–H groups in total. The van der Waals surface area contributed by atoms with Crippen LogP contribution in [0.4, 0.5) is 10.5 Å². The summed E-state index contributed by atoms with van der Waals surface area (Å²) in [6.45, 7) is 0. The highest BCUT2D eigenvalue weighted by Gasteiger charge is 2.14. The van der Waals surface area contributed by atoms with Crippen LogP contribution >= 0.6 is 43.5 Å². The molecule has 1 rings (SSSR count). The molecule has 0 saturated carbocycles. The van der Waals surface area contributed by atoms with E-state index in [0.717, 1.165) is 0 Å². The van der Waals surface area contributed by atoms with Gasteiger partial charge in [-0.2, -0.15) is 0 Å². The average molecular weight is 385 g/mol. The molecule has 4 nitrogen and oxygen atoms in total. The van der Waals surface area contributed by atoms with Crippen LogP contribution in [0.25, 0.3) is 0 Å². The number of amides is 1. The fraction of sp³-hybridized carbons (Fsp3) is 0.200. The lowest BCUT2D eigenvalue weighted by Crippen LogP contribution is -2.12. The molecule has 0 aliphatic heterocycles. The largest absolute Gasteiger partial charge is 0.453 e. The third-order valence-corrected chi connectivity index (χ3v) is 3.33. The number of hydrogen-bond acceptors (Lipinski definition) is 3. The quantitative estimate of drug-likeness (QED) is 0.635. The predicted octanol–water partition coefficient (Wildman–Crippen LogP) is 3.86. The number of methoxy groups -OCH3 is 1. The number of anilines is 1. The Hall–Kier alpha value is -0.590. The molecule has 0 radical (unpaired) electrons. The van der Waals surface area contributed by atoms with Gasteiger partial charge in [0.15, 0.2) is 5.78 Å². The molecular formula is C10H8Br2ClNO3. The van der Waals surface area contributed by atoms with Gasteiger partial charge >= 0.3 is 6.09 Å². The van der Waals surface area contributed by atoms with Crippen LogP contribution in [0.3, 0.4) is 0 Å². The maximum Gasteiger partial charge on any atom is 0.411 e. The molecule has 0 saturated heterocycles. The van der Waals surface area contributed by atoms with Crippen molar-refractivity contribution in [1.29, 1.82) is 0 Å². The fourth-order valence-electron chi connectivity index (χ4n) is 1.08. The summed E-state index contributed by atoms with van der Waals surface area (Å²) in [5, 5.41) is 2.92. The Bertz CT molecular complexity index is 442. The van der Waals surface area contributed by atoms with Crippen molar-refractivity contribution in [3.63, 3.8) is 0 Å². The molecule has 17 heavy (non-hydrogen) atoms. The zero-order valence-corrected chi connectivity index (χ0v) is 12.6. The Labute approximate surface area is 120 Å². The van der Waals surface area contributed by atoms with Crippen LogP contribution in [0.15, 0.2) is 16.6 Å². The molecule has 0 unspecified atom stereocenters. The van der Waals surface area contributed by atoms with E-state index in [-0.39, 0.29) is 16.1 Å². The van der Waals surface area contributed by atoms with Crippen molar-refractivity contribution in [3.8, 4) is 0 Å². The molecule has 0 atom stereocenters. The third kappa shape index (κ3) is 3.69. The highest BCUT2D eigenvalue weighted by Crippen LogP contribution is 2.32. The number of benzene rings is 1. The minimum Gasteiger partial charge on any atom is -0.453 e. The number of halogens is 3. The Morgan fingerprint density at radius 2 is 2.12 bits per heavy atom. The van der Waals surface area contributed by atoms with Crippen molar-refractivity contribution in [1.82, 2.24) is 0 Å². The second-order valence-electron chi connectivity index (χ2n) is 2.99. The minimum absolute atomic E-state index is 0.0998. The maximum atomic E-state index is 11.5. The van der Waals surface area contributed by atoms with Crippen molar-refractivity contribution in [2.45, 2.75) is 0 Å². The summed E-state index contributed by atoms with van der Waals surface area (Å²) >= 11 is 12.3. The van der Waals surface area contributed by atoms with Gasteiger partial charge in [0.05, 0.1) is 23.1 Å². The minimum atomic E-state index is -0.632. The van der Waals surface area contributed by atoms with E-state index in [4.69, 9.17) is 11.6 Å². The molecule has 7 heteroatoms. The van der Waals surface area contributed by atoms with Crippen LogP contribution < -0.4 is 5.32 Å². The van der Waals surface area contributed by atoms with Gasteiger partial charge in [0.2, 0.25) is 0 Å². The van der Waals surface area contributed by atoms with E-state index in [0.29, 0.717) is 15.7 Å². The number of carbonyl (C=O) groups excluding carboxylic acids is 2. The molecule has 92 valence electrons. The second-order valence-corrected chi connectivity index (χ2v) is 4.81. The summed E-state index contributed by atoms with van der Waals surface area (Å²) in [5.74, 6) is -0.0998. The third-order valence-electron chi connectivity index (χ3n) is 1.90. The first-order valence-electron chi connectivity index (χ1n) is 4.42. The van der Waals surface area contributed by atoms with Crippen molar-refractivity contribution in [2.75, 3.05) is 17.8 Å². The van der Waals surface area contributed by atoms with E-state index < -0.39 is 6.09 Å². The van der Waals surface area contributed by atoms with Crippen LogP contribution in [-0.2, 0) is 4.74 Å². The Morgan fingerprint density at radius 3 is 2.59 bits per heavy atom. The van der Waals surface area contributed by atoms with Crippen molar-refractivity contribution >= 4 is 61.0 Å². The van der Waals surface area contributed by atoms with E-state index in [1.165, 1.54) is 13.2 Å². The van der Waals surface area contributed by atoms with Gasteiger partial charge in [-0.25, -0.2) is 4.79 Å². The Morgan fingerprint density at radius 1 is 1.47 bits per heavy atom. The molecular weight excluding hydrogens is 377 g/mol. The first kappa shape index (κ1) is 14.5. The molecule has 0 fully saturated rings. The van der Waals surface area contributed by atoms with Crippen LogP contribution in [0.5, 0.6) is 0 Å². The van der Waals surface area contributed by atoms with E-state index in [1.54, 1.807) is 6.07 Å². The smallest absolute Gasteiger partial charge is 0.411 e. The summed E-state index contributed by atoms with van der Waals surface area (Å²) in [4.78, 5) is 22.5. The molecule has 0 heterocycles. The van der Waals surface area contributed by atoms with Crippen molar-refractivity contribution in [3.05, 3.63) is 27.2 Å². The Kier molecular flexibility index (Phi) is 5.42. The molecule has 0 aromatic heterocycles. The molecule has 0 spiro atoms. The standard InChI is InChI=1S/C10H8Br2ClNO3/c1-17-10(16)14-9-6(12)2-5(3-7(9)13)8(15)4-11/h2-3H,4H2,1H3,(H,14,16). The van der Waals surface area contributed by atoms with Gasteiger partial charge in [-0.3, -0.25) is 10.1 Å². The lowest BCUT2D eigenvalue weighted by atomic mass is 10.1. The summed E-state index contributed by atoms with van der Waals surface area (Å²) < 4.78 is 4.97. The summed E-state index contributed by atoms with van der Waals surface area (Å²) in [7, 11) is 1.25. The number of rotatable bonds is 3. The highest BCUT2D eigenvalue weighted by atomic mass is 79.9. The number of carbonyl (C=O) groups is 2. The van der Waals surface area contributed by atoms with Crippen LogP contribution in [-0.4, -0.2) is 24.3 Å². The van der Waals surface area contributed by atoms with Gasteiger partial charge in [0, 0.05) is 10.0 Å². The number of nitrogens with one attached hydrogen (secondary N) is 1. The lowest BCUT2D eigenvalue weighted by Gasteiger charge is -2.10. The molecule has 0 aliphatic carbocycles. The average Bonchev–Trinajstić information content (AvgIpc) is 2.32. The fourth-order valence-corrected chi connectivity index (χ4v) is 2.35. The summed E-state index contributed by atoms with van der Waals surface area (Å²) in [5.41, 5.74) is 0.818. The highest BCUT2D eigenvalue weighted by molar-refractivity contribution is 9.10. The number of Topliss-reactive ketones (excluding diaryl/α,β-unsaturated/α-hetero) is 1. The first-order chi connectivity index (χ1) is 7.99. The normalized spacial score (nSPS) is 9.88. The summed E-state index contributed by atoms with van der Waals surface area (Å²) in [6.07, 6.45) is -0.632. The number of alkyl halides is 1. The van der Waals surface area contributed by atoms with E-state index in [2.05, 4.69) is 41.9 Å². The lowest BCUT2D eigenvalue weighted by molar-refractivity contribution is 0.102. The van der Waals surface area contributed by atoms with Gasteiger partial charge in [0.25, 0.3) is 0 Å². The van der Waals surface area contributed by atoms with Crippen LogP contribution in [0.2, 0.25) is 5.02 Å². The number of hydrogen-bond donors (Lipinski definition) is 1. The maximum absolute atomic E-state index is 11.5. The second kappa shape index (κ2) is 6.37. The van der Waals surface area contributed by atoms with E-state index >= 15 is 0 Å². The van der Waals surface area contributed by atoms with E-state index in [9.17, 15) is 9.59 Å². The van der Waals surface area contributed by atoms with Gasteiger partial charge in [-0.1, -0.05) is 27.5 Å². The zero-order chi connectivity index (χ0) is 13.0.